The Balaban J connectivity index is 1.22. The average Bonchev–Trinajstić information content (AvgIpc) is 3.50. The van der Waals surface area contributed by atoms with Gasteiger partial charge in [-0.3, -0.25) is 0 Å². The van der Waals surface area contributed by atoms with Gasteiger partial charge in [-0.1, -0.05) is 0 Å². The molecule has 0 aliphatic heterocycles. The van der Waals surface area contributed by atoms with Crippen LogP contribution in [0.5, 0.6) is 11.5 Å². The summed E-state index contributed by atoms with van der Waals surface area (Å²) in [6.45, 7) is 2.04. The van der Waals surface area contributed by atoms with E-state index in [1.807, 2.05) is 58.7 Å². The van der Waals surface area contributed by atoms with Crippen molar-refractivity contribution in [3.05, 3.63) is 78.6 Å². The molecule has 6 rings (SSSR count). The molecule has 5 aromatic rings. The first-order valence-corrected chi connectivity index (χ1v) is 12.2. The molecule has 4 heterocycles. The van der Waals surface area contributed by atoms with E-state index in [1.54, 1.807) is 12.5 Å². The molecule has 3 N–H and O–H groups in total. The number of aromatic nitrogens is 5. The Hall–Kier alpha value is -3.91. The molecule has 1 aromatic carbocycles. The van der Waals surface area contributed by atoms with Gasteiger partial charge in [0.15, 0.2) is 5.82 Å². The number of fused-ring (bicyclic) bond motifs is 2. The van der Waals surface area contributed by atoms with E-state index >= 15 is 0 Å². The number of hydrogen-bond donors (Lipinski definition) is 2. The average molecular weight is 468 g/mol. The van der Waals surface area contributed by atoms with Gasteiger partial charge < -0.3 is 20.2 Å². The Morgan fingerprint density at radius 3 is 2.77 bits per heavy atom. The third-order valence-electron chi connectivity index (χ3n) is 6.97. The van der Waals surface area contributed by atoms with Crippen LogP contribution >= 0.6 is 0 Å². The van der Waals surface area contributed by atoms with E-state index in [4.69, 9.17) is 10.5 Å². The summed E-state index contributed by atoms with van der Waals surface area (Å²) in [6, 6.07) is 12.5. The van der Waals surface area contributed by atoms with E-state index in [9.17, 15) is 0 Å². The molecule has 0 saturated heterocycles. The maximum absolute atomic E-state index is 6.14. The summed E-state index contributed by atoms with van der Waals surface area (Å²) in [5, 5.41) is 7.93. The molecular weight excluding hydrogens is 438 g/mol. The Bertz CT molecular complexity index is 1480. The SMILES string of the molecule is Cc1cc(Nc2ncnn3ccc(CC4CCC(N)CC4)c23)ccc1Oc1ccn2ccnc2c1. The maximum Gasteiger partial charge on any atom is 0.158 e. The molecule has 0 radical (unpaired) electrons. The van der Waals surface area contributed by atoms with Crippen LogP contribution in [0.4, 0.5) is 11.5 Å². The highest BCUT2D eigenvalue weighted by atomic mass is 16.5. The van der Waals surface area contributed by atoms with Crippen molar-refractivity contribution in [3.63, 3.8) is 0 Å². The second-order valence-electron chi connectivity index (χ2n) is 9.49. The number of anilines is 2. The molecule has 35 heavy (non-hydrogen) atoms. The van der Waals surface area contributed by atoms with Crippen LogP contribution in [0.1, 0.15) is 36.8 Å². The zero-order valence-corrected chi connectivity index (χ0v) is 19.8. The fraction of sp³-hybridized carbons (Fsp3) is 0.296. The van der Waals surface area contributed by atoms with Gasteiger partial charge in [0.25, 0.3) is 0 Å². The van der Waals surface area contributed by atoms with Gasteiger partial charge in [-0.15, -0.1) is 0 Å². The summed E-state index contributed by atoms with van der Waals surface area (Å²) in [7, 11) is 0. The Labute approximate surface area is 203 Å². The van der Waals surface area contributed by atoms with Gasteiger partial charge in [-0.2, -0.15) is 5.10 Å². The second kappa shape index (κ2) is 9.03. The number of benzene rings is 1. The number of rotatable bonds is 6. The summed E-state index contributed by atoms with van der Waals surface area (Å²) in [4.78, 5) is 8.91. The van der Waals surface area contributed by atoms with Gasteiger partial charge in [0, 0.05) is 42.6 Å². The smallest absolute Gasteiger partial charge is 0.158 e. The molecule has 0 bridgehead atoms. The first kappa shape index (κ1) is 21.6. The Morgan fingerprint density at radius 2 is 1.91 bits per heavy atom. The van der Waals surface area contributed by atoms with E-state index in [0.29, 0.717) is 12.0 Å². The molecule has 0 amide bonds. The number of pyridine rings is 1. The van der Waals surface area contributed by atoms with Crippen LogP contribution in [-0.4, -0.2) is 30.0 Å². The quantitative estimate of drug-likeness (QED) is 0.353. The zero-order valence-electron chi connectivity index (χ0n) is 19.8. The molecule has 8 nitrogen and oxygen atoms in total. The maximum atomic E-state index is 6.14. The summed E-state index contributed by atoms with van der Waals surface area (Å²) in [5.41, 5.74) is 11.3. The summed E-state index contributed by atoms with van der Waals surface area (Å²) >= 11 is 0. The number of nitrogens with zero attached hydrogens (tertiary/aromatic N) is 5. The number of hydrogen-bond acceptors (Lipinski definition) is 6. The monoisotopic (exact) mass is 467 g/mol. The van der Waals surface area contributed by atoms with Crippen molar-refractivity contribution >= 4 is 22.7 Å². The predicted molar refractivity (Wildman–Crippen MR) is 136 cm³/mol. The minimum atomic E-state index is 0.362. The number of nitrogens with one attached hydrogen (secondary N) is 1. The second-order valence-corrected chi connectivity index (χ2v) is 9.49. The molecule has 1 fully saturated rings. The van der Waals surface area contributed by atoms with Crippen LogP contribution in [0.15, 0.2) is 67.5 Å². The molecule has 1 aliphatic rings. The van der Waals surface area contributed by atoms with E-state index < -0.39 is 0 Å². The van der Waals surface area contributed by atoms with Crippen molar-refractivity contribution in [1.29, 1.82) is 0 Å². The number of nitrogens with two attached hydrogens (primary N) is 1. The van der Waals surface area contributed by atoms with Crippen LogP contribution in [0.25, 0.3) is 11.2 Å². The van der Waals surface area contributed by atoms with Crippen LogP contribution in [0.3, 0.4) is 0 Å². The molecule has 8 heteroatoms. The van der Waals surface area contributed by atoms with Gasteiger partial charge in [0.1, 0.15) is 29.0 Å². The van der Waals surface area contributed by atoms with E-state index in [2.05, 4.69) is 32.5 Å². The summed E-state index contributed by atoms with van der Waals surface area (Å²) in [5.74, 6) is 3.03. The lowest BCUT2D eigenvalue weighted by molar-refractivity contribution is 0.325. The van der Waals surface area contributed by atoms with Gasteiger partial charge in [0.2, 0.25) is 0 Å². The first-order chi connectivity index (χ1) is 17.1. The molecule has 0 unspecified atom stereocenters. The lowest BCUT2D eigenvalue weighted by Gasteiger charge is -2.25. The van der Waals surface area contributed by atoms with Gasteiger partial charge in [-0.05, 0) is 86.4 Å². The van der Waals surface area contributed by atoms with Gasteiger partial charge in [-0.25, -0.2) is 14.5 Å². The number of ether oxygens (including phenoxy) is 1. The third kappa shape index (κ3) is 4.44. The minimum Gasteiger partial charge on any atom is -0.457 e. The third-order valence-corrected chi connectivity index (χ3v) is 6.97. The van der Waals surface area contributed by atoms with E-state index in [-0.39, 0.29) is 0 Å². The van der Waals surface area contributed by atoms with Crippen molar-refractivity contribution in [2.45, 2.75) is 45.1 Å². The minimum absolute atomic E-state index is 0.362. The summed E-state index contributed by atoms with van der Waals surface area (Å²) < 4.78 is 10.0. The van der Waals surface area contributed by atoms with Crippen molar-refractivity contribution in [1.82, 2.24) is 24.0 Å². The van der Waals surface area contributed by atoms with Gasteiger partial charge >= 0.3 is 0 Å². The van der Waals surface area contributed by atoms with Crippen LogP contribution in [0.2, 0.25) is 0 Å². The molecule has 178 valence electrons. The molecule has 4 aromatic heterocycles. The number of aryl methyl sites for hydroxylation is 1. The lowest BCUT2D eigenvalue weighted by atomic mass is 9.83. The largest absolute Gasteiger partial charge is 0.457 e. The zero-order chi connectivity index (χ0) is 23.8. The van der Waals surface area contributed by atoms with E-state index in [1.165, 1.54) is 18.4 Å². The fourth-order valence-electron chi connectivity index (χ4n) is 5.04. The highest BCUT2D eigenvalue weighted by Gasteiger charge is 2.21. The standard InChI is InChI=1S/C27H29N7O/c1-18-14-22(6-7-24(18)35-23-9-11-33-13-10-29-25(33)16-23)32-27-26-20(8-12-34(26)31-17-30-27)15-19-2-4-21(28)5-3-19/h6-14,16-17,19,21H,2-5,15,28H2,1H3,(H,30,31,32). The normalized spacial score (nSPS) is 18.2. The van der Waals surface area contributed by atoms with Gasteiger partial charge in [0.05, 0.1) is 0 Å². The van der Waals surface area contributed by atoms with Crippen molar-refractivity contribution in [2.75, 3.05) is 5.32 Å². The van der Waals surface area contributed by atoms with E-state index in [0.717, 1.165) is 59.0 Å². The highest BCUT2D eigenvalue weighted by molar-refractivity contribution is 5.77. The van der Waals surface area contributed by atoms with Crippen molar-refractivity contribution in [2.24, 2.45) is 11.7 Å². The topological polar surface area (TPSA) is 94.8 Å². The molecule has 0 atom stereocenters. The summed E-state index contributed by atoms with van der Waals surface area (Å²) in [6.07, 6.45) is 14.9. The highest BCUT2D eigenvalue weighted by Crippen LogP contribution is 2.32. The molecule has 1 aliphatic carbocycles. The molecule has 1 saturated carbocycles. The van der Waals surface area contributed by atoms with Crippen molar-refractivity contribution < 1.29 is 4.74 Å². The molecular formula is C27H29N7O. The Morgan fingerprint density at radius 1 is 1.03 bits per heavy atom. The van der Waals surface area contributed by atoms with Crippen LogP contribution in [0, 0.1) is 12.8 Å². The van der Waals surface area contributed by atoms with Crippen molar-refractivity contribution in [3.8, 4) is 11.5 Å². The van der Waals surface area contributed by atoms with Crippen LogP contribution in [-0.2, 0) is 6.42 Å². The Kier molecular flexibility index (Phi) is 5.58. The first-order valence-electron chi connectivity index (χ1n) is 12.2. The molecule has 0 spiro atoms. The number of imidazole rings is 1. The van der Waals surface area contributed by atoms with Crippen LogP contribution < -0.4 is 15.8 Å². The fourth-order valence-corrected chi connectivity index (χ4v) is 5.04. The lowest BCUT2D eigenvalue weighted by Crippen LogP contribution is -2.27. The predicted octanol–water partition coefficient (Wildman–Crippen LogP) is 5.28.